The average Bonchev–Trinajstić information content (AvgIpc) is 2.60. The Hall–Kier alpha value is -2.11. The summed E-state index contributed by atoms with van der Waals surface area (Å²) < 4.78 is 0.863. The molecule has 1 aromatic carbocycles. The predicted molar refractivity (Wildman–Crippen MR) is 44.1 cm³/mol. The van der Waals surface area contributed by atoms with E-state index in [4.69, 9.17) is 0 Å². The topological polar surface area (TPSA) is 77.2 Å². The van der Waals surface area contributed by atoms with Crippen molar-refractivity contribution >= 4 is 17.1 Å². The third kappa shape index (κ3) is 1.08. The highest BCUT2D eigenvalue weighted by atomic mass is 16.3. The number of hydrogen-bond donors (Lipinski definition) is 0. The number of fused-ring (bicyclic) bond motifs is 1. The van der Waals surface area contributed by atoms with Gasteiger partial charge in [-0.15, -0.1) is 10.0 Å². The van der Waals surface area contributed by atoms with Gasteiger partial charge in [-0.05, 0) is 12.1 Å². The van der Waals surface area contributed by atoms with Crippen LogP contribution in [0.15, 0.2) is 29.4 Å². The summed E-state index contributed by atoms with van der Waals surface area (Å²) in [4.78, 5) is 20.8. The molecule has 13 heavy (non-hydrogen) atoms. The Balaban J connectivity index is 2.71. The van der Waals surface area contributed by atoms with Crippen molar-refractivity contribution in [3.05, 3.63) is 29.2 Å². The highest BCUT2D eigenvalue weighted by molar-refractivity contribution is 5.87. The first-order valence-corrected chi connectivity index (χ1v) is 3.51. The fourth-order valence-electron chi connectivity index (χ4n) is 1.05. The van der Waals surface area contributed by atoms with Crippen LogP contribution >= 0.6 is 0 Å². The van der Waals surface area contributed by atoms with Crippen molar-refractivity contribution in [1.82, 2.24) is 15.0 Å². The lowest BCUT2D eigenvalue weighted by Crippen LogP contribution is -2.07. The molecule has 0 atom stereocenters. The fourth-order valence-corrected chi connectivity index (χ4v) is 1.05. The van der Waals surface area contributed by atoms with E-state index >= 15 is 0 Å². The molecule has 0 fully saturated rings. The lowest BCUT2D eigenvalue weighted by molar-refractivity contribution is 0.248. The minimum Gasteiger partial charge on any atom is -0.240 e. The zero-order chi connectivity index (χ0) is 9.26. The van der Waals surface area contributed by atoms with Gasteiger partial charge < -0.3 is 0 Å². The van der Waals surface area contributed by atoms with Gasteiger partial charge in [-0.1, -0.05) is 17.3 Å². The Bertz CT molecular complexity index is 476. The molecule has 2 rings (SSSR count). The monoisotopic (exact) mass is 176 g/mol. The number of nitroso groups, excluding NO2 is 1. The van der Waals surface area contributed by atoms with Crippen molar-refractivity contribution in [3.63, 3.8) is 0 Å². The van der Waals surface area contributed by atoms with Crippen LogP contribution in [0.3, 0.4) is 0 Å². The van der Waals surface area contributed by atoms with Crippen molar-refractivity contribution in [1.29, 1.82) is 0 Å². The van der Waals surface area contributed by atoms with Crippen LogP contribution in [0.4, 0.5) is 4.79 Å². The summed E-state index contributed by atoms with van der Waals surface area (Å²) in [6, 6.07) is 5.85. The van der Waals surface area contributed by atoms with E-state index < -0.39 is 6.03 Å². The molecule has 0 radical (unpaired) electrons. The van der Waals surface area contributed by atoms with E-state index in [-0.39, 0.29) is 0 Å². The molecule has 0 aliphatic carbocycles. The highest BCUT2D eigenvalue weighted by Crippen LogP contribution is 2.09. The number of nitrogens with zero attached hydrogens (tertiary/aromatic N) is 4. The summed E-state index contributed by atoms with van der Waals surface area (Å²) in [5.74, 6) is 0. The minimum atomic E-state index is -0.964. The molecule has 2 aromatic rings. The lowest BCUT2D eigenvalue weighted by Gasteiger charge is -1.90. The summed E-state index contributed by atoms with van der Waals surface area (Å²) in [5, 5.41) is 9.42. The third-order valence-electron chi connectivity index (χ3n) is 1.61. The second kappa shape index (κ2) is 2.74. The molecule has 0 unspecified atom stereocenters. The molecule has 0 N–H and O–H groups in total. The van der Waals surface area contributed by atoms with E-state index in [1.165, 1.54) is 0 Å². The van der Waals surface area contributed by atoms with Crippen molar-refractivity contribution < 1.29 is 4.79 Å². The van der Waals surface area contributed by atoms with E-state index in [9.17, 15) is 9.70 Å². The average molecular weight is 176 g/mol. The summed E-state index contributed by atoms with van der Waals surface area (Å²) in [5.41, 5.74) is 1.03. The van der Waals surface area contributed by atoms with Gasteiger partial charge in [0.15, 0.2) is 0 Å². The molecular weight excluding hydrogens is 172 g/mol. The SMILES string of the molecule is O=NC(=O)n1nnc2ccccc21. The molecule has 0 saturated heterocycles. The first kappa shape index (κ1) is 7.53. The van der Waals surface area contributed by atoms with Crippen LogP contribution in [-0.2, 0) is 0 Å². The van der Waals surface area contributed by atoms with Crippen LogP contribution in [-0.4, -0.2) is 21.0 Å². The zero-order valence-electron chi connectivity index (χ0n) is 6.41. The van der Waals surface area contributed by atoms with Crippen LogP contribution in [0.25, 0.3) is 11.0 Å². The summed E-state index contributed by atoms with van der Waals surface area (Å²) in [6.07, 6.45) is 0. The quantitative estimate of drug-likeness (QED) is 0.564. The molecule has 0 spiro atoms. The summed E-state index contributed by atoms with van der Waals surface area (Å²) in [7, 11) is 0. The maximum absolute atomic E-state index is 10.9. The largest absolute Gasteiger partial charge is 0.407 e. The van der Waals surface area contributed by atoms with Crippen molar-refractivity contribution in [2.45, 2.75) is 0 Å². The Kier molecular flexibility index (Phi) is 1.59. The first-order chi connectivity index (χ1) is 6.33. The van der Waals surface area contributed by atoms with Crippen molar-refractivity contribution in [2.75, 3.05) is 0 Å². The maximum atomic E-state index is 10.9. The summed E-state index contributed by atoms with van der Waals surface area (Å²) >= 11 is 0. The molecule has 6 nitrogen and oxygen atoms in total. The second-order valence-corrected chi connectivity index (χ2v) is 2.36. The van der Waals surface area contributed by atoms with Gasteiger partial charge >= 0.3 is 6.03 Å². The Morgan fingerprint density at radius 3 is 2.92 bits per heavy atom. The maximum Gasteiger partial charge on any atom is 0.407 e. The van der Waals surface area contributed by atoms with E-state index in [1.807, 2.05) is 0 Å². The van der Waals surface area contributed by atoms with Gasteiger partial charge in [-0.3, -0.25) is 0 Å². The molecule has 6 heteroatoms. The highest BCUT2D eigenvalue weighted by Gasteiger charge is 2.10. The smallest absolute Gasteiger partial charge is 0.240 e. The molecule has 0 bridgehead atoms. The second-order valence-electron chi connectivity index (χ2n) is 2.36. The number of carbonyl (C=O) groups is 1. The molecular formula is C7H4N4O2. The predicted octanol–water partition coefficient (Wildman–Crippen LogP) is 1.17. The Labute approximate surface area is 72.1 Å². The summed E-state index contributed by atoms with van der Waals surface area (Å²) in [6.45, 7) is 0. The van der Waals surface area contributed by atoms with Gasteiger partial charge in [-0.2, -0.15) is 4.68 Å². The van der Waals surface area contributed by atoms with Crippen molar-refractivity contribution in [3.8, 4) is 0 Å². The van der Waals surface area contributed by atoms with Crippen LogP contribution in [0.1, 0.15) is 0 Å². The normalized spacial score (nSPS) is 10.2. The number of carbonyl (C=O) groups excluding carboxylic acids is 1. The van der Waals surface area contributed by atoms with E-state index in [2.05, 4.69) is 15.5 Å². The van der Waals surface area contributed by atoms with Crippen LogP contribution in [0.5, 0.6) is 0 Å². The van der Waals surface area contributed by atoms with E-state index in [0.29, 0.717) is 11.0 Å². The fraction of sp³-hybridized carbons (Fsp3) is 0. The van der Waals surface area contributed by atoms with Crippen LogP contribution < -0.4 is 0 Å². The van der Waals surface area contributed by atoms with Gasteiger partial charge in [0.2, 0.25) is 0 Å². The number of benzene rings is 1. The molecule has 64 valence electrons. The Morgan fingerprint density at radius 2 is 2.15 bits per heavy atom. The zero-order valence-corrected chi connectivity index (χ0v) is 6.41. The van der Waals surface area contributed by atoms with Gasteiger partial charge in [0, 0.05) is 5.18 Å². The number of aromatic nitrogens is 3. The Morgan fingerprint density at radius 1 is 1.38 bits per heavy atom. The third-order valence-corrected chi connectivity index (χ3v) is 1.61. The standard InChI is InChI=1S/C7H4N4O2/c12-7(9-13)11-6-4-2-1-3-5(6)8-10-11/h1-4H. The first-order valence-electron chi connectivity index (χ1n) is 3.51. The minimum absolute atomic E-state index is 0.479. The van der Waals surface area contributed by atoms with Crippen LogP contribution in [0.2, 0.25) is 0 Å². The lowest BCUT2D eigenvalue weighted by atomic mass is 10.3. The van der Waals surface area contributed by atoms with Crippen LogP contribution in [0, 0.1) is 4.91 Å². The van der Waals surface area contributed by atoms with Crippen molar-refractivity contribution in [2.24, 2.45) is 5.18 Å². The van der Waals surface area contributed by atoms with Gasteiger partial charge in [0.1, 0.15) is 5.52 Å². The van der Waals surface area contributed by atoms with Gasteiger partial charge in [-0.25, -0.2) is 4.79 Å². The van der Waals surface area contributed by atoms with Gasteiger partial charge in [0.25, 0.3) is 0 Å². The number of amides is 1. The van der Waals surface area contributed by atoms with Gasteiger partial charge in [0.05, 0.1) is 5.52 Å². The molecule has 1 amide bonds. The molecule has 0 saturated carbocycles. The number of hydrogen-bond acceptors (Lipinski definition) is 4. The molecule has 0 aliphatic heterocycles. The number of rotatable bonds is 0. The molecule has 1 aromatic heterocycles. The van der Waals surface area contributed by atoms with E-state index in [0.717, 1.165) is 4.68 Å². The number of para-hydroxylation sites is 1. The molecule has 0 aliphatic rings. The molecule has 1 heterocycles. The van der Waals surface area contributed by atoms with E-state index in [1.54, 1.807) is 24.3 Å².